The number of benzene rings is 2. The third-order valence-electron chi connectivity index (χ3n) is 6.66. The second-order valence-electron chi connectivity index (χ2n) is 8.67. The maximum Gasteiger partial charge on any atom is 0.338 e. The van der Waals surface area contributed by atoms with Gasteiger partial charge in [-0.3, -0.25) is 4.90 Å². The summed E-state index contributed by atoms with van der Waals surface area (Å²) in [5, 5.41) is 5.72. The summed E-state index contributed by atoms with van der Waals surface area (Å²) in [6, 6.07) is 12.8. The quantitative estimate of drug-likeness (QED) is 0.640. The molecular weight excluding hydrogens is 432 g/mol. The summed E-state index contributed by atoms with van der Waals surface area (Å²) in [5.41, 5.74) is 5.59. The lowest BCUT2D eigenvalue weighted by Gasteiger charge is -2.38. The number of carbonyl (C=O) groups is 2. The predicted molar refractivity (Wildman–Crippen MR) is 131 cm³/mol. The summed E-state index contributed by atoms with van der Waals surface area (Å²) in [4.78, 5) is 30.0. The van der Waals surface area contributed by atoms with Gasteiger partial charge in [0.2, 0.25) is 0 Å². The number of nitrogens with zero attached hydrogens (tertiary/aromatic N) is 2. The first-order valence-electron chi connectivity index (χ1n) is 11.5. The largest absolute Gasteiger partial charge is 0.497 e. The minimum absolute atomic E-state index is 0.343. The highest BCUT2D eigenvalue weighted by molar-refractivity contribution is 5.95. The van der Waals surface area contributed by atoms with E-state index in [0.717, 1.165) is 31.7 Å². The van der Waals surface area contributed by atoms with Gasteiger partial charge in [0.1, 0.15) is 5.75 Å². The molecule has 8 nitrogen and oxygen atoms in total. The lowest BCUT2D eigenvalue weighted by atomic mass is 9.94. The average Bonchev–Trinajstić information content (AvgIpc) is 2.85. The first-order chi connectivity index (χ1) is 16.4. The molecule has 34 heavy (non-hydrogen) atoms. The summed E-state index contributed by atoms with van der Waals surface area (Å²) >= 11 is 0. The van der Waals surface area contributed by atoms with Crippen molar-refractivity contribution in [3.05, 3.63) is 70.4 Å². The zero-order valence-corrected chi connectivity index (χ0v) is 20.2. The summed E-state index contributed by atoms with van der Waals surface area (Å²) < 4.78 is 10.4. The van der Waals surface area contributed by atoms with Crippen molar-refractivity contribution in [2.75, 3.05) is 51.8 Å². The number of nitrogens with one attached hydrogen (secondary N) is 2. The standard InChI is InChI=1S/C26H32N4O4/c1-17-7-5-10-22(18(17)2)30-13-11-29(12-14-30)16-21-23(25(31)34-4)24(28-26(32)27-21)19-8-6-9-20(15-19)33-3/h5-10,15,24H,11-14,16H2,1-4H3,(H2,27,28,32)/t24-/m0/s1. The molecule has 2 aliphatic heterocycles. The maximum absolute atomic E-state index is 12.8. The molecule has 0 aromatic heterocycles. The number of ether oxygens (including phenoxy) is 2. The lowest BCUT2D eigenvalue weighted by Crippen LogP contribution is -2.51. The summed E-state index contributed by atoms with van der Waals surface area (Å²) in [6.45, 7) is 8.13. The van der Waals surface area contributed by atoms with Gasteiger partial charge in [-0.05, 0) is 48.7 Å². The van der Waals surface area contributed by atoms with Crippen LogP contribution in [0.15, 0.2) is 53.7 Å². The van der Waals surface area contributed by atoms with Gasteiger partial charge < -0.3 is 25.0 Å². The minimum atomic E-state index is -0.623. The molecule has 2 aromatic rings. The summed E-state index contributed by atoms with van der Waals surface area (Å²) in [6.07, 6.45) is 0. The van der Waals surface area contributed by atoms with Gasteiger partial charge in [0.25, 0.3) is 0 Å². The van der Waals surface area contributed by atoms with Crippen LogP contribution in [0.4, 0.5) is 10.5 Å². The molecule has 2 heterocycles. The highest BCUT2D eigenvalue weighted by atomic mass is 16.5. The fourth-order valence-electron chi connectivity index (χ4n) is 4.61. The Bertz CT molecular complexity index is 1110. The van der Waals surface area contributed by atoms with E-state index in [1.807, 2.05) is 24.3 Å². The molecule has 8 heteroatoms. The fourth-order valence-corrected chi connectivity index (χ4v) is 4.61. The molecule has 0 aliphatic carbocycles. The molecule has 2 aromatic carbocycles. The number of esters is 1. The first kappa shape index (κ1) is 23.6. The lowest BCUT2D eigenvalue weighted by molar-refractivity contribution is -0.136. The van der Waals surface area contributed by atoms with E-state index in [9.17, 15) is 9.59 Å². The number of amides is 2. The highest BCUT2D eigenvalue weighted by Crippen LogP contribution is 2.30. The van der Waals surface area contributed by atoms with Gasteiger partial charge in [-0.15, -0.1) is 0 Å². The van der Waals surface area contributed by atoms with E-state index in [1.165, 1.54) is 23.9 Å². The van der Waals surface area contributed by atoms with Crippen molar-refractivity contribution in [2.24, 2.45) is 0 Å². The van der Waals surface area contributed by atoms with Gasteiger partial charge in [-0.1, -0.05) is 24.3 Å². The van der Waals surface area contributed by atoms with E-state index >= 15 is 0 Å². The van der Waals surface area contributed by atoms with E-state index in [2.05, 4.69) is 52.5 Å². The zero-order valence-electron chi connectivity index (χ0n) is 20.2. The molecule has 180 valence electrons. The SMILES string of the molecule is COC(=O)C1=C(CN2CCN(c3cccc(C)c3C)CC2)NC(=O)N[C@H]1c1cccc(OC)c1. The number of hydrogen-bond acceptors (Lipinski definition) is 6. The van der Waals surface area contributed by atoms with Crippen LogP contribution in [0.3, 0.4) is 0 Å². The van der Waals surface area contributed by atoms with Gasteiger partial charge in [0, 0.05) is 44.1 Å². The summed E-state index contributed by atoms with van der Waals surface area (Å²) in [5.74, 6) is 0.183. The average molecular weight is 465 g/mol. The molecule has 2 aliphatic rings. The number of urea groups is 1. The van der Waals surface area contributed by atoms with Crippen molar-refractivity contribution in [1.82, 2.24) is 15.5 Å². The number of anilines is 1. The molecule has 0 bridgehead atoms. The topological polar surface area (TPSA) is 83.1 Å². The molecular formula is C26H32N4O4. The smallest absolute Gasteiger partial charge is 0.338 e. The van der Waals surface area contributed by atoms with Crippen molar-refractivity contribution >= 4 is 17.7 Å². The fraction of sp³-hybridized carbons (Fsp3) is 0.385. The normalized spacial score (nSPS) is 18.9. The van der Waals surface area contributed by atoms with Crippen LogP contribution in [0.5, 0.6) is 5.75 Å². The van der Waals surface area contributed by atoms with Gasteiger partial charge in [-0.25, -0.2) is 9.59 Å². The zero-order chi connectivity index (χ0) is 24.2. The first-order valence-corrected chi connectivity index (χ1v) is 11.5. The summed E-state index contributed by atoms with van der Waals surface area (Å²) in [7, 11) is 2.94. The van der Waals surface area contributed by atoms with E-state index in [0.29, 0.717) is 23.6 Å². The molecule has 0 radical (unpaired) electrons. The van der Waals surface area contributed by atoms with E-state index in [1.54, 1.807) is 7.11 Å². The van der Waals surface area contributed by atoms with Crippen molar-refractivity contribution in [2.45, 2.75) is 19.9 Å². The minimum Gasteiger partial charge on any atom is -0.497 e. The van der Waals surface area contributed by atoms with Crippen molar-refractivity contribution in [3.63, 3.8) is 0 Å². The Balaban J connectivity index is 1.56. The van der Waals surface area contributed by atoms with Crippen LogP contribution in [-0.4, -0.2) is 63.8 Å². The molecule has 0 saturated carbocycles. The number of carbonyl (C=O) groups excluding carboxylic acids is 2. The number of piperazine rings is 1. The van der Waals surface area contributed by atoms with Crippen LogP contribution in [0.1, 0.15) is 22.7 Å². The molecule has 2 N–H and O–H groups in total. The second-order valence-corrected chi connectivity index (χ2v) is 8.67. The Morgan fingerprint density at radius 1 is 1.06 bits per heavy atom. The van der Waals surface area contributed by atoms with Crippen molar-refractivity contribution in [1.29, 1.82) is 0 Å². The molecule has 2 amide bonds. The predicted octanol–water partition coefficient (Wildman–Crippen LogP) is 2.92. The molecule has 1 atom stereocenters. The Kier molecular flexibility index (Phi) is 7.07. The number of methoxy groups -OCH3 is 2. The third-order valence-corrected chi connectivity index (χ3v) is 6.66. The van der Waals surface area contributed by atoms with E-state index in [4.69, 9.17) is 9.47 Å². The van der Waals surface area contributed by atoms with Gasteiger partial charge in [0.05, 0.1) is 25.8 Å². The van der Waals surface area contributed by atoms with Crippen LogP contribution < -0.4 is 20.3 Å². The number of hydrogen-bond donors (Lipinski definition) is 2. The van der Waals surface area contributed by atoms with Crippen LogP contribution in [-0.2, 0) is 9.53 Å². The van der Waals surface area contributed by atoms with Crippen LogP contribution in [0.25, 0.3) is 0 Å². The second kappa shape index (κ2) is 10.2. The Hall–Kier alpha value is -3.52. The molecule has 1 saturated heterocycles. The van der Waals surface area contributed by atoms with E-state index < -0.39 is 12.0 Å². The van der Waals surface area contributed by atoms with Crippen molar-refractivity contribution < 1.29 is 19.1 Å². The van der Waals surface area contributed by atoms with Gasteiger partial charge in [-0.2, -0.15) is 0 Å². The Labute approximate surface area is 200 Å². The molecule has 1 fully saturated rings. The molecule has 0 unspecified atom stereocenters. The Morgan fingerprint density at radius 2 is 1.79 bits per heavy atom. The Morgan fingerprint density at radius 3 is 2.50 bits per heavy atom. The molecule has 0 spiro atoms. The number of aryl methyl sites for hydroxylation is 1. The van der Waals surface area contributed by atoms with Crippen LogP contribution in [0.2, 0.25) is 0 Å². The van der Waals surface area contributed by atoms with Crippen LogP contribution in [0, 0.1) is 13.8 Å². The van der Waals surface area contributed by atoms with Gasteiger partial charge in [0.15, 0.2) is 0 Å². The van der Waals surface area contributed by atoms with Crippen LogP contribution >= 0.6 is 0 Å². The van der Waals surface area contributed by atoms with E-state index in [-0.39, 0.29) is 6.03 Å². The van der Waals surface area contributed by atoms with Gasteiger partial charge >= 0.3 is 12.0 Å². The maximum atomic E-state index is 12.8. The number of rotatable bonds is 6. The monoisotopic (exact) mass is 464 g/mol. The highest BCUT2D eigenvalue weighted by Gasteiger charge is 2.34. The third kappa shape index (κ3) is 4.87. The van der Waals surface area contributed by atoms with Crippen molar-refractivity contribution in [3.8, 4) is 5.75 Å². The molecule has 4 rings (SSSR count).